The zero-order valence-corrected chi connectivity index (χ0v) is 19.3. The topological polar surface area (TPSA) is 74.9 Å². The Hall–Kier alpha value is -3.48. The van der Waals surface area contributed by atoms with Crippen LogP contribution in [-0.4, -0.2) is 59.4 Å². The number of ether oxygens (including phenoxy) is 2. The fraction of sp³-hybridized carbons (Fsp3) is 0.385. The minimum atomic E-state index is -0.521. The van der Waals surface area contributed by atoms with Crippen LogP contribution < -0.4 is 9.47 Å². The van der Waals surface area contributed by atoms with Crippen LogP contribution in [0.3, 0.4) is 0 Å². The summed E-state index contributed by atoms with van der Waals surface area (Å²) in [7, 11) is 1.61. The molecule has 172 valence electrons. The number of carbonyl (C=O) groups excluding carboxylic acids is 2. The molecular weight excluding hydrogens is 418 g/mol. The summed E-state index contributed by atoms with van der Waals surface area (Å²) >= 11 is 0. The number of benzene rings is 2. The molecule has 0 saturated carbocycles. The number of aromatic amines is 1. The van der Waals surface area contributed by atoms with E-state index in [1.165, 1.54) is 0 Å². The molecule has 2 aliphatic rings. The molecule has 2 amide bonds. The molecule has 2 aromatic carbocycles. The number of nitrogens with one attached hydrogen (secondary N) is 1. The van der Waals surface area contributed by atoms with Gasteiger partial charge in [-0.15, -0.1) is 0 Å². The van der Waals surface area contributed by atoms with E-state index in [0.717, 1.165) is 34.1 Å². The lowest BCUT2D eigenvalue weighted by Gasteiger charge is -2.47. The first-order chi connectivity index (χ1) is 16.1. The molecule has 1 fully saturated rings. The second kappa shape index (κ2) is 8.46. The van der Waals surface area contributed by atoms with Crippen molar-refractivity contribution in [1.29, 1.82) is 0 Å². The van der Waals surface area contributed by atoms with Crippen LogP contribution in [0.25, 0.3) is 10.9 Å². The maximum Gasteiger partial charge on any atom is 0.246 e. The lowest BCUT2D eigenvalue weighted by molar-refractivity contribution is -0.158. The number of piperazine rings is 1. The van der Waals surface area contributed by atoms with Crippen molar-refractivity contribution in [2.45, 2.75) is 38.8 Å². The molecule has 2 aliphatic heterocycles. The van der Waals surface area contributed by atoms with Crippen molar-refractivity contribution < 1.29 is 19.1 Å². The smallest absolute Gasteiger partial charge is 0.246 e. The molecule has 1 saturated heterocycles. The highest BCUT2D eigenvalue weighted by Crippen LogP contribution is 2.44. The largest absolute Gasteiger partial charge is 0.493 e. The van der Waals surface area contributed by atoms with Crippen molar-refractivity contribution in [2.24, 2.45) is 0 Å². The van der Waals surface area contributed by atoms with Crippen molar-refractivity contribution in [2.75, 3.05) is 26.8 Å². The fourth-order valence-corrected chi connectivity index (χ4v) is 5.26. The van der Waals surface area contributed by atoms with Gasteiger partial charge in [0.2, 0.25) is 11.8 Å². The lowest BCUT2D eigenvalue weighted by atomic mass is 9.86. The highest BCUT2D eigenvalue weighted by Gasteiger charge is 2.48. The fourth-order valence-electron chi connectivity index (χ4n) is 5.26. The van der Waals surface area contributed by atoms with E-state index in [-0.39, 0.29) is 18.4 Å². The van der Waals surface area contributed by atoms with Crippen LogP contribution in [0.15, 0.2) is 42.5 Å². The normalized spacial score (nSPS) is 20.1. The van der Waals surface area contributed by atoms with E-state index >= 15 is 0 Å². The predicted octanol–water partition coefficient (Wildman–Crippen LogP) is 3.67. The number of para-hydroxylation sites is 1. The Bertz CT molecular complexity index is 1220. The van der Waals surface area contributed by atoms with Crippen LogP contribution in [0.4, 0.5) is 0 Å². The Morgan fingerprint density at radius 2 is 1.91 bits per heavy atom. The monoisotopic (exact) mass is 447 g/mol. The molecule has 5 rings (SSSR count). The SMILES string of the molecule is CCCN1CC(=O)N2[C@H](c3ccc(OCC)c(OC)c3)c3[nH]c4ccccc4c3C[C@H]2C1=O. The molecule has 0 unspecified atom stereocenters. The lowest BCUT2D eigenvalue weighted by Crippen LogP contribution is -2.63. The summed E-state index contributed by atoms with van der Waals surface area (Å²) in [6, 6.07) is 13.0. The van der Waals surface area contributed by atoms with E-state index in [1.807, 2.05) is 50.2 Å². The van der Waals surface area contributed by atoms with Gasteiger partial charge in [-0.05, 0) is 42.7 Å². The van der Waals surface area contributed by atoms with Crippen LogP contribution in [0.1, 0.15) is 43.1 Å². The quantitative estimate of drug-likeness (QED) is 0.626. The molecule has 2 atom stereocenters. The molecule has 7 heteroatoms. The summed E-state index contributed by atoms with van der Waals surface area (Å²) in [4.78, 5) is 34.0. The van der Waals surface area contributed by atoms with E-state index in [9.17, 15) is 9.59 Å². The molecule has 0 bridgehead atoms. The molecule has 0 aliphatic carbocycles. The Kier molecular flexibility index (Phi) is 5.48. The maximum absolute atomic E-state index is 13.5. The van der Waals surface area contributed by atoms with Crippen molar-refractivity contribution in [1.82, 2.24) is 14.8 Å². The summed E-state index contributed by atoms with van der Waals surface area (Å²) in [5.41, 5.74) is 3.96. The van der Waals surface area contributed by atoms with Gasteiger partial charge in [-0.25, -0.2) is 0 Å². The number of hydrogen-bond acceptors (Lipinski definition) is 4. The third-order valence-corrected chi connectivity index (χ3v) is 6.64. The average molecular weight is 448 g/mol. The molecule has 3 aromatic rings. The first-order valence-electron chi connectivity index (χ1n) is 11.6. The maximum atomic E-state index is 13.5. The third kappa shape index (κ3) is 3.43. The zero-order valence-electron chi connectivity index (χ0n) is 19.3. The Morgan fingerprint density at radius 3 is 2.67 bits per heavy atom. The minimum Gasteiger partial charge on any atom is -0.493 e. The number of aromatic nitrogens is 1. The first kappa shape index (κ1) is 21.4. The van der Waals surface area contributed by atoms with Gasteiger partial charge >= 0.3 is 0 Å². The number of fused-ring (bicyclic) bond motifs is 4. The zero-order chi connectivity index (χ0) is 23.1. The summed E-state index contributed by atoms with van der Waals surface area (Å²) in [5, 5.41) is 1.10. The second-order valence-electron chi connectivity index (χ2n) is 8.59. The molecular formula is C26H29N3O4. The number of carbonyl (C=O) groups is 2. The Labute approximate surface area is 193 Å². The van der Waals surface area contributed by atoms with Gasteiger partial charge in [0, 0.05) is 29.6 Å². The summed E-state index contributed by atoms with van der Waals surface area (Å²) < 4.78 is 11.3. The van der Waals surface area contributed by atoms with Gasteiger partial charge in [-0.3, -0.25) is 9.59 Å². The Morgan fingerprint density at radius 1 is 1.09 bits per heavy atom. The number of H-pyrrole nitrogens is 1. The Balaban J connectivity index is 1.69. The standard InChI is InChI=1S/C26H29N3O4/c1-4-12-28-15-23(30)29-20(26(28)31)14-18-17-8-6-7-9-19(17)27-24(18)25(29)16-10-11-21(33-5-2)22(13-16)32-3/h6-11,13,20,25,27H,4-5,12,14-15H2,1-3H3/t20-,25+/m0/s1. The summed E-state index contributed by atoms with van der Waals surface area (Å²) in [5.74, 6) is 1.26. The predicted molar refractivity (Wildman–Crippen MR) is 126 cm³/mol. The highest BCUT2D eigenvalue weighted by atomic mass is 16.5. The molecule has 0 radical (unpaired) electrons. The molecule has 1 aromatic heterocycles. The number of amides is 2. The number of hydrogen-bond donors (Lipinski definition) is 1. The van der Waals surface area contributed by atoms with Crippen molar-refractivity contribution >= 4 is 22.7 Å². The molecule has 33 heavy (non-hydrogen) atoms. The third-order valence-electron chi connectivity index (χ3n) is 6.64. The minimum absolute atomic E-state index is 0.0234. The van der Waals surface area contributed by atoms with Crippen LogP contribution in [0, 0.1) is 0 Å². The van der Waals surface area contributed by atoms with Crippen LogP contribution >= 0.6 is 0 Å². The summed E-state index contributed by atoms with van der Waals surface area (Å²) in [6.45, 7) is 5.19. The van der Waals surface area contributed by atoms with Gasteiger partial charge in [0.15, 0.2) is 11.5 Å². The van der Waals surface area contributed by atoms with Gasteiger partial charge in [0.05, 0.1) is 26.3 Å². The number of methoxy groups -OCH3 is 1. The van der Waals surface area contributed by atoms with Crippen LogP contribution in [0.2, 0.25) is 0 Å². The number of nitrogens with zero attached hydrogens (tertiary/aromatic N) is 2. The van der Waals surface area contributed by atoms with E-state index in [0.29, 0.717) is 31.1 Å². The van der Waals surface area contributed by atoms with E-state index in [4.69, 9.17) is 9.47 Å². The van der Waals surface area contributed by atoms with Crippen molar-refractivity contribution in [3.8, 4) is 11.5 Å². The summed E-state index contributed by atoms with van der Waals surface area (Å²) in [6.07, 6.45) is 1.33. The van der Waals surface area contributed by atoms with E-state index in [2.05, 4.69) is 11.1 Å². The molecule has 1 N–H and O–H groups in total. The second-order valence-corrected chi connectivity index (χ2v) is 8.59. The van der Waals surface area contributed by atoms with Gasteiger partial charge in [0.1, 0.15) is 6.04 Å². The van der Waals surface area contributed by atoms with Crippen molar-refractivity contribution in [3.63, 3.8) is 0 Å². The molecule has 7 nitrogen and oxygen atoms in total. The van der Waals surface area contributed by atoms with Crippen LogP contribution in [-0.2, 0) is 16.0 Å². The molecule has 0 spiro atoms. The van der Waals surface area contributed by atoms with Crippen molar-refractivity contribution in [3.05, 3.63) is 59.3 Å². The molecule has 3 heterocycles. The van der Waals surface area contributed by atoms with E-state index < -0.39 is 12.1 Å². The first-order valence-corrected chi connectivity index (χ1v) is 11.6. The van der Waals surface area contributed by atoms with Crippen LogP contribution in [0.5, 0.6) is 11.5 Å². The van der Waals surface area contributed by atoms with Gasteiger partial charge in [-0.2, -0.15) is 0 Å². The highest BCUT2D eigenvalue weighted by molar-refractivity contribution is 5.97. The average Bonchev–Trinajstić information content (AvgIpc) is 3.20. The number of rotatable bonds is 6. The van der Waals surface area contributed by atoms with Gasteiger partial charge in [-0.1, -0.05) is 31.2 Å². The van der Waals surface area contributed by atoms with Gasteiger partial charge < -0.3 is 24.3 Å². The van der Waals surface area contributed by atoms with Gasteiger partial charge in [0.25, 0.3) is 0 Å². The van der Waals surface area contributed by atoms with E-state index in [1.54, 1.807) is 16.9 Å².